The first-order valence-electron chi connectivity index (χ1n) is 6.17. The summed E-state index contributed by atoms with van der Waals surface area (Å²) >= 11 is 0. The Labute approximate surface area is 119 Å². The van der Waals surface area contributed by atoms with E-state index in [4.69, 9.17) is 9.47 Å². The highest BCUT2D eigenvalue weighted by atomic mass is 16.7. The van der Waals surface area contributed by atoms with Crippen LogP contribution in [0.2, 0.25) is 0 Å². The first-order valence-corrected chi connectivity index (χ1v) is 6.17. The second-order valence-electron chi connectivity index (χ2n) is 4.46. The Morgan fingerprint density at radius 3 is 2.62 bits per heavy atom. The summed E-state index contributed by atoms with van der Waals surface area (Å²) in [6.07, 6.45) is 1.22. The molecule has 21 heavy (non-hydrogen) atoms. The number of carbonyl (C=O) groups excluding carboxylic acids is 3. The highest BCUT2D eigenvalue weighted by Crippen LogP contribution is 2.32. The summed E-state index contributed by atoms with van der Waals surface area (Å²) in [7, 11) is 0. The number of rotatable bonds is 3. The summed E-state index contributed by atoms with van der Waals surface area (Å²) in [5, 5.41) is 4.01. The van der Waals surface area contributed by atoms with Crippen LogP contribution in [-0.4, -0.2) is 30.9 Å². The smallest absolute Gasteiger partial charge is 0.328 e. The standard InChI is InChI=1S/C13H11N3O5/c17-11-8(12(18)16-13(19)15-11)5-14-4-7-1-2-9-10(3-7)21-6-20-9/h1-3,5,8H,4,6H2,(H2,15,16,17,18,19). The molecule has 108 valence electrons. The second kappa shape index (κ2) is 5.23. The first kappa shape index (κ1) is 13.1. The molecule has 2 heterocycles. The van der Waals surface area contributed by atoms with Gasteiger partial charge in [-0.25, -0.2) is 4.79 Å². The summed E-state index contributed by atoms with van der Waals surface area (Å²) in [6, 6.07) is 4.55. The van der Waals surface area contributed by atoms with Crippen LogP contribution >= 0.6 is 0 Å². The number of imide groups is 2. The largest absolute Gasteiger partial charge is 0.454 e. The molecule has 8 heteroatoms. The Bertz CT molecular complexity index is 635. The number of fused-ring (bicyclic) bond motifs is 1. The van der Waals surface area contributed by atoms with Crippen molar-refractivity contribution < 1.29 is 23.9 Å². The van der Waals surface area contributed by atoms with E-state index < -0.39 is 23.8 Å². The van der Waals surface area contributed by atoms with Crippen LogP contribution in [0.1, 0.15) is 5.56 Å². The monoisotopic (exact) mass is 289 g/mol. The van der Waals surface area contributed by atoms with Crippen LogP contribution in [0.15, 0.2) is 23.2 Å². The SMILES string of the molecule is O=C1NC(=O)C(C=NCc2ccc3c(c2)OCO3)C(=O)N1. The van der Waals surface area contributed by atoms with Gasteiger partial charge in [0.25, 0.3) is 0 Å². The van der Waals surface area contributed by atoms with Crippen molar-refractivity contribution in [2.75, 3.05) is 6.79 Å². The Kier molecular flexibility index (Phi) is 3.27. The van der Waals surface area contributed by atoms with Crippen molar-refractivity contribution in [2.24, 2.45) is 10.9 Å². The van der Waals surface area contributed by atoms with Crippen molar-refractivity contribution in [3.05, 3.63) is 23.8 Å². The number of hydrogen-bond donors (Lipinski definition) is 2. The number of amides is 4. The van der Waals surface area contributed by atoms with Crippen molar-refractivity contribution in [3.8, 4) is 11.5 Å². The minimum Gasteiger partial charge on any atom is -0.454 e. The molecule has 2 aliphatic heterocycles. The summed E-state index contributed by atoms with van der Waals surface area (Å²) in [6.45, 7) is 0.472. The molecule has 1 saturated heterocycles. The zero-order valence-electron chi connectivity index (χ0n) is 10.8. The number of benzene rings is 1. The van der Waals surface area contributed by atoms with Gasteiger partial charge < -0.3 is 9.47 Å². The predicted molar refractivity (Wildman–Crippen MR) is 69.9 cm³/mol. The Morgan fingerprint density at radius 2 is 1.86 bits per heavy atom. The van der Waals surface area contributed by atoms with Gasteiger partial charge in [-0.2, -0.15) is 0 Å². The van der Waals surface area contributed by atoms with Crippen LogP contribution < -0.4 is 20.1 Å². The number of carbonyl (C=O) groups is 3. The molecule has 0 saturated carbocycles. The van der Waals surface area contributed by atoms with E-state index in [1.807, 2.05) is 16.7 Å². The van der Waals surface area contributed by atoms with Crippen LogP contribution in [0.4, 0.5) is 4.79 Å². The fraction of sp³-hybridized carbons (Fsp3) is 0.231. The maximum Gasteiger partial charge on any atom is 0.328 e. The van der Waals surface area contributed by atoms with Crippen LogP contribution in [0, 0.1) is 5.92 Å². The van der Waals surface area contributed by atoms with Gasteiger partial charge in [0.2, 0.25) is 18.6 Å². The molecule has 3 rings (SSSR count). The molecule has 8 nitrogen and oxygen atoms in total. The molecule has 0 bridgehead atoms. The molecular formula is C13H11N3O5. The molecule has 0 spiro atoms. The number of ether oxygens (including phenoxy) is 2. The van der Waals surface area contributed by atoms with E-state index in [0.717, 1.165) is 5.56 Å². The molecule has 0 unspecified atom stereocenters. The van der Waals surface area contributed by atoms with Crippen LogP contribution in [0.3, 0.4) is 0 Å². The number of hydrogen-bond acceptors (Lipinski definition) is 6. The lowest BCUT2D eigenvalue weighted by Gasteiger charge is -2.16. The van der Waals surface area contributed by atoms with Gasteiger partial charge in [-0.15, -0.1) is 0 Å². The molecule has 0 aliphatic carbocycles. The minimum atomic E-state index is -1.10. The molecule has 2 aliphatic rings. The predicted octanol–water partition coefficient (Wildman–Crippen LogP) is -0.0317. The molecule has 0 atom stereocenters. The summed E-state index contributed by atoms with van der Waals surface area (Å²) < 4.78 is 10.4. The highest BCUT2D eigenvalue weighted by Gasteiger charge is 2.32. The average Bonchev–Trinajstić information content (AvgIpc) is 2.89. The lowest BCUT2D eigenvalue weighted by molar-refractivity contribution is -0.132. The molecule has 1 fully saturated rings. The number of barbiturate groups is 1. The summed E-state index contributed by atoms with van der Waals surface area (Å²) in [5.74, 6) is -1.15. The lowest BCUT2D eigenvalue weighted by Crippen LogP contribution is -2.56. The minimum absolute atomic E-state index is 0.193. The fourth-order valence-corrected chi connectivity index (χ4v) is 1.97. The van der Waals surface area contributed by atoms with Gasteiger partial charge >= 0.3 is 6.03 Å². The van der Waals surface area contributed by atoms with E-state index in [0.29, 0.717) is 11.5 Å². The van der Waals surface area contributed by atoms with E-state index in [1.54, 1.807) is 12.1 Å². The van der Waals surface area contributed by atoms with Crippen molar-refractivity contribution >= 4 is 24.1 Å². The molecule has 4 amide bonds. The van der Waals surface area contributed by atoms with Gasteiger partial charge in [0.15, 0.2) is 17.4 Å². The van der Waals surface area contributed by atoms with Crippen LogP contribution in [0.25, 0.3) is 0 Å². The van der Waals surface area contributed by atoms with Crippen LogP contribution in [-0.2, 0) is 16.1 Å². The lowest BCUT2D eigenvalue weighted by atomic mass is 10.1. The second-order valence-corrected chi connectivity index (χ2v) is 4.46. The van der Waals surface area contributed by atoms with E-state index in [-0.39, 0.29) is 13.3 Å². The third-order valence-electron chi connectivity index (χ3n) is 3.00. The number of urea groups is 1. The number of nitrogens with zero attached hydrogens (tertiary/aromatic N) is 1. The molecule has 1 aromatic carbocycles. The average molecular weight is 289 g/mol. The third kappa shape index (κ3) is 2.69. The molecular weight excluding hydrogens is 278 g/mol. The summed E-state index contributed by atoms with van der Waals surface area (Å²) in [4.78, 5) is 37.9. The van der Waals surface area contributed by atoms with E-state index in [2.05, 4.69) is 4.99 Å². The normalized spacial score (nSPS) is 18.0. The summed E-state index contributed by atoms with van der Waals surface area (Å²) in [5.41, 5.74) is 0.850. The van der Waals surface area contributed by atoms with Crippen molar-refractivity contribution in [1.29, 1.82) is 0 Å². The molecule has 0 aromatic heterocycles. The van der Waals surface area contributed by atoms with Crippen molar-refractivity contribution in [1.82, 2.24) is 10.6 Å². The van der Waals surface area contributed by atoms with Crippen LogP contribution in [0.5, 0.6) is 11.5 Å². The Balaban J connectivity index is 1.65. The first-order chi connectivity index (χ1) is 10.1. The zero-order chi connectivity index (χ0) is 14.8. The van der Waals surface area contributed by atoms with Gasteiger partial charge in [-0.1, -0.05) is 6.07 Å². The Hall–Kier alpha value is -2.90. The Morgan fingerprint density at radius 1 is 1.14 bits per heavy atom. The molecule has 2 N–H and O–H groups in total. The molecule has 0 radical (unpaired) electrons. The van der Waals surface area contributed by atoms with Crippen molar-refractivity contribution in [2.45, 2.75) is 6.54 Å². The topological polar surface area (TPSA) is 106 Å². The fourth-order valence-electron chi connectivity index (χ4n) is 1.97. The van der Waals surface area contributed by atoms with E-state index >= 15 is 0 Å². The van der Waals surface area contributed by atoms with Gasteiger partial charge in [-0.3, -0.25) is 25.2 Å². The number of nitrogens with one attached hydrogen (secondary N) is 2. The zero-order valence-corrected chi connectivity index (χ0v) is 10.8. The van der Waals surface area contributed by atoms with Crippen molar-refractivity contribution in [3.63, 3.8) is 0 Å². The maximum absolute atomic E-state index is 11.5. The highest BCUT2D eigenvalue weighted by molar-refractivity contribution is 6.23. The quantitative estimate of drug-likeness (QED) is 0.600. The number of aliphatic imine (C=N–C) groups is 1. The van der Waals surface area contributed by atoms with E-state index in [1.165, 1.54) is 6.21 Å². The van der Waals surface area contributed by atoms with Gasteiger partial charge in [0.1, 0.15) is 0 Å². The van der Waals surface area contributed by atoms with E-state index in [9.17, 15) is 14.4 Å². The molecule has 1 aromatic rings. The van der Waals surface area contributed by atoms with Gasteiger partial charge in [0, 0.05) is 6.21 Å². The third-order valence-corrected chi connectivity index (χ3v) is 3.00. The van der Waals surface area contributed by atoms with Gasteiger partial charge in [-0.05, 0) is 17.7 Å². The maximum atomic E-state index is 11.5. The van der Waals surface area contributed by atoms with Gasteiger partial charge in [0.05, 0.1) is 6.54 Å².